The second-order valence-corrected chi connectivity index (χ2v) is 4.52. The molecule has 0 saturated carbocycles. The Morgan fingerprint density at radius 2 is 1.60 bits per heavy atom. The van der Waals surface area contributed by atoms with Crippen LogP contribution in [0.3, 0.4) is 0 Å². The summed E-state index contributed by atoms with van der Waals surface area (Å²) in [6, 6.07) is 6.55. The van der Waals surface area contributed by atoms with E-state index in [0.29, 0.717) is 11.1 Å². The van der Waals surface area contributed by atoms with Crippen molar-refractivity contribution in [3.05, 3.63) is 35.4 Å². The van der Waals surface area contributed by atoms with Crippen molar-refractivity contribution in [2.75, 3.05) is 6.54 Å². The first-order valence-corrected chi connectivity index (χ1v) is 6.19. The molecule has 0 bridgehead atoms. The van der Waals surface area contributed by atoms with Gasteiger partial charge >= 0.3 is 5.97 Å². The van der Waals surface area contributed by atoms with Crippen molar-refractivity contribution in [2.24, 2.45) is 0 Å². The van der Waals surface area contributed by atoms with Gasteiger partial charge in [-0.1, -0.05) is 12.1 Å². The molecule has 0 spiro atoms. The van der Waals surface area contributed by atoms with Crippen LogP contribution in [0.1, 0.15) is 40.0 Å². The van der Waals surface area contributed by atoms with E-state index in [1.165, 1.54) is 0 Å². The van der Waals surface area contributed by atoms with E-state index in [-0.39, 0.29) is 31.2 Å². The number of ketones is 1. The number of hydrogen-bond donors (Lipinski definition) is 1. The maximum absolute atomic E-state index is 12.0. The number of Topliss-reactive ketones (excluding diaryl/α,β-unsaturated/α-hetero) is 1. The Morgan fingerprint density at radius 1 is 1.05 bits per heavy atom. The van der Waals surface area contributed by atoms with Gasteiger partial charge in [-0.3, -0.25) is 24.1 Å². The highest BCUT2D eigenvalue weighted by Gasteiger charge is 2.34. The van der Waals surface area contributed by atoms with E-state index in [2.05, 4.69) is 0 Å². The van der Waals surface area contributed by atoms with Crippen LogP contribution in [-0.2, 0) is 9.59 Å². The molecule has 1 aromatic rings. The molecule has 104 valence electrons. The summed E-state index contributed by atoms with van der Waals surface area (Å²) < 4.78 is 0. The van der Waals surface area contributed by atoms with Crippen LogP contribution in [0.5, 0.6) is 0 Å². The smallest absolute Gasteiger partial charge is 0.310 e. The Kier molecular flexibility index (Phi) is 3.93. The third-order valence-corrected chi connectivity index (χ3v) is 3.06. The van der Waals surface area contributed by atoms with Crippen molar-refractivity contribution in [2.45, 2.75) is 19.3 Å². The van der Waals surface area contributed by atoms with Gasteiger partial charge in [-0.05, 0) is 18.6 Å². The zero-order valence-corrected chi connectivity index (χ0v) is 10.7. The van der Waals surface area contributed by atoms with Crippen molar-refractivity contribution in [3.8, 4) is 0 Å². The van der Waals surface area contributed by atoms with E-state index >= 15 is 0 Å². The highest BCUT2D eigenvalue weighted by Crippen LogP contribution is 2.22. The summed E-state index contributed by atoms with van der Waals surface area (Å²) in [7, 11) is 0. The lowest BCUT2D eigenvalue weighted by Gasteiger charge is -2.12. The minimum Gasteiger partial charge on any atom is -0.481 e. The largest absolute Gasteiger partial charge is 0.481 e. The van der Waals surface area contributed by atoms with Crippen LogP contribution in [0.15, 0.2) is 24.3 Å². The maximum Gasteiger partial charge on any atom is 0.310 e. The van der Waals surface area contributed by atoms with Gasteiger partial charge in [-0.2, -0.15) is 0 Å². The lowest BCUT2D eigenvalue weighted by molar-refractivity contribution is -0.140. The number of aliphatic carboxylic acids is 1. The number of fused-ring (bicyclic) bond motifs is 1. The van der Waals surface area contributed by atoms with Crippen molar-refractivity contribution in [1.29, 1.82) is 0 Å². The Balaban J connectivity index is 1.93. The average molecular weight is 275 g/mol. The number of hydrogen-bond acceptors (Lipinski definition) is 4. The molecule has 1 heterocycles. The van der Waals surface area contributed by atoms with Crippen LogP contribution in [0.4, 0.5) is 0 Å². The molecule has 0 fully saturated rings. The predicted octanol–water partition coefficient (Wildman–Crippen LogP) is 1.11. The molecule has 0 radical (unpaired) electrons. The normalized spacial score (nSPS) is 13.5. The topological polar surface area (TPSA) is 91.8 Å². The standard InChI is InChI=1S/C14H13NO5/c16-9(8-12(17)18)4-3-7-15-13(19)10-5-1-2-6-11(10)14(15)20/h1-2,5-6H,3-4,7-8H2,(H,17,18). The summed E-state index contributed by atoms with van der Waals surface area (Å²) in [6.45, 7) is 0.123. The van der Waals surface area contributed by atoms with Crippen LogP contribution in [0.2, 0.25) is 0 Å². The molecule has 1 N–H and O–H groups in total. The number of nitrogens with zero attached hydrogens (tertiary/aromatic N) is 1. The van der Waals surface area contributed by atoms with Gasteiger partial charge in [0, 0.05) is 13.0 Å². The Hall–Kier alpha value is -2.50. The third-order valence-electron chi connectivity index (χ3n) is 3.06. The van der Waals surface area contributed by atoms with Crippen LogP contribution in [-0.4, -0.2) is 40.1 Å². The number of carboxylic acids is 1. The molecule has 2 rings (SSSR count). The molecule has 1 aliphatic heterocycles. The molecule has 20 heavy (non-hydrogen) atoms. The summed E-state index contributed by atoms with van der Waals surface area (Å²) in [5, 5.41) is 8.46. The van der Waals surface area contributed by atoms with Gasteiger partial charge < -0.3 is 5.11 Å². The first kappa shape index (κ1) is 13.9. The highest BCUT2D eigenvalue weighted by atomic mass is 16.4. The van der Waals surface area contributed by atoms with E-state index in [1.54, 1.807) is 24.3 Å². The Morgan fingerprint density at radius 3 is 2.10 bits per heavy atom. The first-order chi connectivity index (χ1) is 9.50. The molecule has 1 aromatic carbocycles. The fraction of sp³-hybridized carbons (Fsp3) is 0.286. The average Bonchev–Trinajstić information content (AvgIpc) is 2.63. The monoisotopic (exact) mass is 275 g/mol. The molecular weight excluding hydrogens is 262 g/mol. The number of amides is 2. The minimum absolute atomic E-state index is 0.0414. The third kappa shape index (κ3) is 2.74. The first-order valence-electron chi connectivity index (χ1n) is 6.19. The zero-order chi connectivity index (χ0) is 14.7. The van der Waals surface area contributed by atoms with E-state index in [0.717, 1.165) is 4.90 Å². The molecule has 1 aliphatic rings. The number of carbonyl (C=O) groups is 4. The second kappa shape index (κ2) is 5.64. The fourth-order valence-corrected chi connectivity index (χ4v) is 2.13. The van der Waals surface area contributed by atoms with Gasteiger partial charge in [-0.15, -0.1) is 0 Å². The summed E-state index contributed by atoms with van der Waals surface area (Å²) in [5.41, 5.74) is 0.740. The predicted molar refractivity (Wildman–Crippen MR) is 68.3 cm³/mol. The van der Waals surface area contributed by atoms with Gasteiger partial charge in [-0.25, -0.2) is 0 Å². The zero-order valence-electron chi connectivity index (χ0n) is 10.7. The van der Waals surface area contributed by atoms with Crippen LogP contribution < -0.4 is 0 Å². The maximum atomic E-state index is 12.0. The molecule has 6 heteroatoms. The molecular formula is C14H13NO5. The van der Waals surface area contributed by atoms with Crippen molar-refractivity contribution in [1.82, 2.24) is 4.90 Å². The molecule has 0 aromatic heterocycles. The summed E-state index contributed by atoms with van der Waals surface area (Å²) in [6.07, 6.45) is -0.209. The van der Waals surface area contributed by atoms with Crippen LogP contribution in [0.25, 0.3) is 0 Å². The summed E-state index contributed by atoms with van der Waals surface area (Å²) in [4.78, 5) is 46.7. The Labute approximate surface area is 115 Å². The van der Waals surface area contributed by atoms with Crippen molar-refractivity contribution >= 4 is 23.6 Å². The summed E-state index contributed by atoms with van der Waals surface area (Å²) >= 11 is 0. The van der Waals surface area contributed by atoms with Gasteiger partial charge in [0.25, 0.3) is 11.8 Å². The molecule has 0 saturated heterocycles. The SMILES string of the molecule is O=C(O)CC(=O)CCCN1C(=O)c2ccccc2C1=O. The van der Waals surface area contributed by atoms with Gasteiger partial charge in [0.05, 0.1) is 11.1 Å². The Bertz CT molecular complexity index is 558. The minimum atomic E-state index is -1.17. The van der Waals surface area contributed by atoms with E-state index in [4.69, 9.17) is 5.11 Å². The van der Waals surface area contributed by atoms with E-state index < -0.39 is 18.2 Å². The molecule has 0 aliphatic carbocycles. The number of benzene rings is 1. The van der Waals surface area contributed by atoms with Crippen molar-refractivity contribution in [3.63, 3.8) is 0 Å². The number of imide groups is 1. The second-order valence-electron chi connectivity index (χ2n) is 4.52. The van der Waals surface area contributed by atoms with E-state index in [9.17, 15) is 19.2 Å². The van der Waals surface area contributed by atoms with E-state index in [1.807, 2.05) is 0 Å². The fourth-order valence-electron chi connectivity index (χ4n) is 2.13. The quantitative estimate of drug-likeness (QED) is 0.620. The number of carboxylic acid groups (broad SMARTS) is 1. The highest BCUT2D eigenvalue weighted by molar-refractivity contribution is 6.21. The number of carbonyl (C=O) groups excluding carboxylic acids is 3. The molecule has 0 unspecified atom stereocenters. The lowest BCUT2D eigenvalue weighted by Crippen LogP contribution is -2.31. The van der Waals surface area contributed by atoms with Crippen LogP contribution >= 0.6 is 0 Å². The van der Waals surface area contributed by atoms with Crippen molar-refractivity contribution < 1.29 is 24.3 Å². The van der Waals surface area contributed by atoms with Gasteiger partial charge in [0.2, 0.25) is 0 Å². The molecule has 2 amide bonds. The molecule has 0 atom stereocenters. The summed E-state index contributed by atoms with van der Waals surface area (Å²) in [5.74, 6) is -2.31. The number of rotatable bonds is 6. The van der Waals surface area contributed by atoms with Gasteiger partial charge in [0.1, 0.15) is 12.2 Å². The van der Waals surface area contributed by atoms with Gasteiger partial charge in [0.15, 0.2) is 0 Å². The molecule has 6 nitrogen and oxygen atoms in total. The van der Waals surface area contributed by atoms with Crippen LogP contribution in [0, 0.1) is 0 Å². The lowest BCUT2D eigenvalue weighted by atomic mass is 10.1.